The lowest BCUT2D eigenvalue weighted by Gasteiger charge is -2.56. The second-order valence-corrected chi connectivity index (χ2v) is 8.76. The molecule has 0 aromatic heterocycles. The van der Waals surface area contributed by atoms with Crippen molar-refractivity contribution in [1.82, 2.24) is 0 Å². The number of hydrogen-bond acceptors (Lipinski definition) is 1. The topological polar surface area (TPSA) is 20.2 Å². The van der Waals surface area contributed by atoms with Crippen molar-refractivity contribution in [3.63, 3.8) is 0 Å². The highest BCUT2D eigenvalue weighted by Gasteiger charge is 2.55. The molecule has 0 aromatic rings. The molecule has 0 aliphatic heterocycles. The molecule has 0 amide bonds. The van der Waals surface area contributed by atoms with Gasteiger partial charge in [-0.05, 0) is 80.0 Å². The van der Waals surface area contributed by atoms with Crippen LogP contribution in [0, 0.1) is 28.6 Å². The highest BCUT2D eigenvalue weighted by atomic mass is 16.3. The third kappa shape index (κ3) is 1.79. The fourth-order valence-corrected chi connectivity index (χ4v) is 6.41. The predicted molar refractivity (Wildman–Crippen MR) is 86.8 cm³/mol. The van der Waals surface area contributed by atoms with Crippen LogP contribution in [-0.4, -0.2) is 11.2 Å². The third-order valence-corrected chi connectivity index (χ3v) is 7.95. The Morgan fingerprint density at radius 2 is 1.95 bits per heavy atom. The molecule has 6 atom stereocenters. The van der Waals surface area contributed by atoms with Crippen LogP contribution in [0.25, 0.3) is 0 Å². The number of hydrogen-bond donors (Lipinski definition) is 1. The molecule has 1 nitrogen and oxygen atoms in total. The molecule has 116 valence electrons. The van der Waals surface area contributed by atoms with Gasteiger partial charge in [0.2, 0.25) is 0 Å². The number of aliphatic hydroxyl groups is 1. The monoisotopic (exact) mass is 286 g/mol. The van der Waals surface area contributed by atoms with Crippen molar-refractivity contribution in [2.24, 2.45) is 28.6 Å². The van der Waals surface area contributed by atoms with Crippen LogP contribution in [0.4, 0.5) is 0 Å². The maximum Gasteiger partial charge on any atom is 0.0543 e. The molecule has 0 spiro atoms. The normalized spacial score (nSPS) is 52.7. The van der Waals surface area contributed by atoms with Crippen molar-refractivity contribution in [2.45, 2.75) is 71.3 Å². The molecule has 3 fully saturated rings. The molecule has 0 saturated heterocycles. The summed E-state index contributed by atoms with van der Waals surface area (Å²) in [7, 11) is 0. The molecule has 4 aliphatic rings. The van der Waals surface area contributed by atoms with Crippen LogP contribution in [0.5, 0.6) is 0 Å². The lowest BCUT2D eigenvalue weighted by molar-refractivity contribution is -0.00469. The first-order valence-corrected chi connectivity index (χ1v) is 9.02. The van der Waals surface area contributed by atoms with Crippen LogP contribution in [0.3, 0.4) is 0 Å². The summed E-state index contributed by atoms with van der Waals surface area (Å²) in [5.41, 5.74) is 4.05. The maximum atomic E-state index is 10.1. The highest BCUT2D eigenvalue weighted by Crippen LogP contribution is 2.64. The van der Waals surface area contributed by atoms with E-state index in [1.165, 1.54) is 44.1 Å². The van der Waals surface area contributed by atoms with Gasteiger partial charge in [0.15, 0.2) is 0 Å². The summed E-state index contributed by atoms with van der Waals surface area (Å²) in [5, 5.41) is 10.1. The average molecular weight is 286 g/mol. The smallest absolute Gasteiger partial charge is 0.0543 e. The van der Waals surface area contributed by atoms with E-state index in [2.05, 4.69) is 26.5 Å². The Balaban J connectivity index is 1.71. The lowest BCUT2D eigenvalue weighted by Crippen LogP contribution is -2.47. The van der Waals surface area contributed by atoms with E-state index in [0.29, 0.717) is 10.8 Å². The molecule has 3 saturated carbocycles. The summed E-state index contributed by atoms with van der Waals surface area (Å²) in [6.07, 6.45) is 12.3. The zero-order valence-electron chi connectivity index (χ0n) is 13.7. The second kappa shape index (κ2) is 4.47. The fourth-order valence-electron chi connectivity index (χ4n) is 6.41. The summed E-state index contributed by atoms with van der Waals surface area (Å²) in [6, 6.07) is 0. The van der Waals surface area contributed by atoms with Crippen molar-refractivity contribution in [3.8, 4) is 0 Å². The molecule has 0 heterocycles. The van der Waals surface area contributed by atoms with E-state index in [0.717, 1.165) is 30.6 Å². The molecule has 2 unspecified atom stereocenters. The summed E-state index contributed by atoms with van der Waals surface area (Å²) in [6.45, 7) is 9.37. The fraction of sp³-hybridized carbons (Fsp3) is 0.800. The van der Waals surface area contributed by atoms with Gasteiger partial charge in [0.1, 0.15) is 0 Å². The van der Waals surface area contributed by atoms with Gasteiger partial charge in [0, 0.05) is 0 Å². The first-order valence-electron chi connectivity index (χ1n) is 9.02. The minimum absolute atomic E-state index is 0.0414. The van der Waals surface area contributed by atoms with E-state index in [-0.39, 0.29) is 6.10 Å². The predicted octanol–water partition coefficient (Wildman–Crippen LogP) is 4.87. The van der Waals surface area contributed by atoms with Gasteiger partial charge >= 0.3 is 0 Å². The van der Waals surface area contributed by atoms with Crippen molar-refractivity contribution in [3.05, 3.63) is 23.8 Å². The largest absolute Gasteiger partial charge is 0.393 e. The van der Waals surface area contributed by atoms with Gasteiger partial charge in [-0.3, -0.25) is 0 Å². The van der Waals surface area contributed by atoms with Crippen LogP contribution >= 0.6 is 0 Å². The van der Waals surface area contributed by atoms with Crippen molar-refractivity contribution >= 4 is 0 Å². The Bertz CT molecular complexity index is 504. The van der Waals surface area contributed by atoms with Gasteiger partial charge in [0.05, 0.1) is 6.10 Å². The minimum atomic E-state index is -0.0414. The average Bonchev–Trinajstić information content (AvgIpc) is 2.76. The van der Waals surface area contributed by atoms with Crippen molar-refractivity contribution in [2.75, 3.05) is 0 Å². The molecule has 0 radical (unpaired) electrons. The van der Waals surface area contributed by atoms with Gasteiger partial charge in [0.25, 0.3) is 0 Å². The van der Waals surface area contributed by atoms with Crippen LogP contribution in [-0.2, 0) is 0 Å². The first kappa shape index (κ1) is 14.1. The van der Waals surface area contributed by atoms with Gasteiger partial charge in [-0.2, -0.15) is 0 Å². The summed E-state index contributed by atoms with van der Waals surface area (Å²) >= 11 is 0. The van der Waals surface area contributed by atoms with Crippen LogP contribution in [0.1, 0.15) is 65.2 Å². The number of aliphatic hydroxyl groups excluding tert-OH is 1. The third-order valence-electron chi connectivity index (χ3n) is 7.95. The Kier molecular flexibility index (Phi) is 2.99. The Morgan fingerprint density at radius 3 is 2.76 bits per heavy atom. The molecule has 0 aromatic carbocycles. The lowest BCUT2D eigenvalue weighted by atomic mass is 9.49. The van der Waals surface area contributed by atoms with Gasteiger partial charge in [-0.15, -0.1) is 0 Å². The number of fused-ring (bicyclic) bond motifs is 5. The summed E-state index contributed by atoms with van der Waals surface area (Å²) < 4.78 is 0. The van der Waals surface area contributed by atoms with E-state index >= 15 is 0 Å². The molecule has 1 heteroatoms. The van der Waals surface area contributed by atoms with Gasteiger partial charge in [-0.1, -0.05) is 37.6 Å². The molecule has 0 bridgehead atoms. The SMILES string of the molecule is C=C1CCC2C3CC[C@H]4C[C@H](O)CC[C@]4(C)C3=CC[C@]12C. The zero-order chi connectivity index (χ0) is 14.8. The quantitative estimate of drug-likeness (QED) is 0.630. The van der Waals surface area contributed by atoms with Crippen LogP contribution < -0.4 is 0 Å². The standard InChI is InChI=1S/C20H30O/c1-13-4-7-17-16-6-5-14-12-15(21)8-10-20(14,3)18(16)9-11-19(13,17)2/h9,14-17,21H,1,4-8,10-12H2,2-3H3/t14-,15+,16?,17?,19+,20-/m0/s1. The molecule has 21 heavy (non-hydrogen) atoms. The summed E-state index contributed by atoms with van der Waals surface area (Å²) in [5.74, 6) is 2.37. The van der Waals surface area contributed by atoms with E-state index in [9.17, 15) is 5.11 Å². The van der Waals surface area contributed by atoms with Gasteiger partial charge in [-0.25, -0.2) is 0 Å². The first-order chi connectivity index (χ1) is 9.95. The maximum absolute atomic E-state index is 10.1. The molecular weight excluding hydrogens is 256 g/mol. The van der Waals surface area contributed by atoms with E-state index < -0.39 is 0 Å². The van der Waals surface area contributed by atoms with Gasteiger partial charge < -0.3 is 5.11 Å². The second-order valence-electron chi connectivity index (χ2n) is 8.76. The van der Waals surface area contributed by atoms with E-state index in [1.807, 2.05) is 0 Å². The highest BCUT2D eigenvalue weighted by molar-refractivity contribution is 5.33. The van der Waals surface area contributed by atoms with E-state index in [4.69, 9.17) is 0 Å². The zero-order valence-corrected chi connectivity index (χ0v) is 13.7. The molecule has 4 rings (SSSR count). The van der Waals surface area contributed by atoms with E-state index in [1.54, 1.807) is 5.57 Å². The van der Waals surface area contributed by atoms with Crippen molar-refractivity contribution in [1.29, 1.82) is 0 Å². The molecule has 1 N–H and O–H groups in total. The van der Waals surface area contributed by atoms with Crippen molar-refractivity contribution < 1.29 is 5.11 Å². The number of allylic oxidation sites excluding steroid dienone is 3. The molecular formula is C20H30O. The number of rotatable bonds is 0. The minimum Gasteiger partial charge on any atom is -0.393 e. The Hall–Kier alpha value is -0.560. The van der Waals surface area contributed by atoms with Crippen LogP contribution in [0.15, 0.2) is 23.8 Å². The Labute approximate surface area is 129 Å². The Morgan fingerprint density at radius 1 is 1.14 bits per heavy atom. The molecule has 4 aliphatic carbocycles. The van der Waals surface area contributed by atoms with Crippen LogP contribution in [0.2, 0.25) is 0 Å². The summed E-state index contributed by atoms with van der Waals surface area (Å²) in [4.78, 5) is 0.